The summed E-state index contributed by atoms with van der Waals surface area (Å²) >= 11 is 6.20. The largest absolute Gasteiger partial charge is 0.495 e. The number of hydrogen-bond donors (Lipinski definition) is 1. The van der Waals surface area contributed by atoms with E-state index in [2.05, 4.69) is 5.32 Å². The minimum absolute atomic E-state index is 0.0206. The molecule has 4 aromatic carbocycles. The summed E-state index contributed by atoms with van der Waals surface area (Å²) in [7, 11) is 2.73. The number of fused-ring (bicyclic) bond motifs is 1. The Morgan fingerprint density at radius 3 is 2.33 bits per heavy atom. The molecular weight excluding hydrogens is 566 g/mol. The van der Waals surface area contributed by atoms with Gasteiger partial charge in [-0.1, -0.05) is 41.9 Å². The topological polar surface area (TPSA) is 137 Å². The Labute approximate surface area is 244 Å². The van der Waals surface area contributed by atoms with E-state index >= 15 is 0 Å². The van der Waals surface area contributed by atoms with Gasteiger partial charge in [0.25, 0.3) is 17.5 Å². The van der Waals surface area contributed by atoms with Crippen molar-refractivity contribution in [1.82, 2.24) is 5.32 Å². The van der Waals surface area contributed by atoms with E-state index in [1.165, 1.54) is 44.6 Å². The molecule has 0 spiro atoms. The van der Waals surface area contributed by atoms with Gasteiger partial charge in [0, 0.05) is 29.8 Å². The molecule has 1 fully saturated rings. The van der Waals surface area contributed by atoms with Crippen LogP contribution in [0.4, 0.5) is 16.2 Å². The molecule has 0 saturated carbocycles. The molecule has 1 heterocycles. The number of methoxy groups -OCH3 is 2. The number of nitrogens with zero attached hydrogens (tertiary/aromatic N) is 2. The number of imide groups is 2. The number of rotatable bonds is 8. The van der Waals surface area contributed by atoms with Crippen molar-refractivity contribution in [2.45, 2.75) is 6.61 Å². The van der Waals surface area contributed by atoms with Crippen molar-refractivity contribution in [2.24, 2.45) is 0 Å². The van der Waals surface area contributed by atoms with Gasteiger partial charge in [-0.05, 0) is 40.6 Å². The normalized spacial score (nSPS) is 14.2. The third kappa shape index (κ3) is 5.32. The lowest BCUT2D eigenvalue weighted by Crippen LogP contribution is -2.54. The van der Waals surface area contributed by atoms with Gasteiger partial charge in [-0.3, -0.25) is 25.0 Å². The number of non-ortho nitro benzene ring substituents is 1. The summed E-state index contributed by atoms with van der Waals surface area (Å²) in [4.78, 5) is 51.0. The van der Waals surface area contributed by atoms with Gasteiger partial charge in [-0.15, -0.1) is 0 Å². The first kappa shape index (κ1) is 28.1. The highest BCUT2D eigenvalue weighted by molar-refractivity contribution is 6.40. The van der Waals surface area contributed by atoms with Gasteiger partial charge >= 0.3 is 6.03 Å². The van der Waals surface area contributed by atoms with E-state index in [1.807, 2.05) is 24.3 Å². The Morgan fingerprint density at radius 2 is 1.64 bits per heavy atom. The van der Waals surface area contributed by atoms with Crippen LogP contribution in [0.25, 0.3) is 16.8 Å². The van der Waals surface area contributed by atoms with Crippen molar-refractivity contribution in [3.05, 3.63) is 105 Å². The highest BCUT2D eigenvalue weighted by Gasteiger charge is 2.39. The number of urea groups is 1. The maximum absolute atomic E-state index is 13.8. The van der Waals surface area contributed by atoms with Gasteiger partial charge < -0.3 is 14.2 Å². The second-order valence-corrected chi connectivity index (χ2v) is 9.43. The first-order chi connectivity index (χ1) is 20.2. The van der Waals surface area contributed by atoms with Crippen LogP contribution < -0.4 is 24.4 Å². The Hall–Kier alpha value is -5.42. The summed E-state index contributed by atoms with van der Waals surface area (Å²) in [6, 6.07) is 18.5. The first-order valence-electron chi connectivity index (χ1n) is 12.4. The smallest absolute Gasteiger partial charge is 0.336 e. The lowest BCUT2D eigenvalue weighted by Gasteiger charge is -2.28. The number of nitrogens with one attached hydrogen (secondary N) is 1. The number of hydrogen-bond acceptors (Lipinski definition) is 8. The average molecular weight is 588 g/mol. The fraction of sp³-hybridized carbons (Fsp3) is 0.100. The summed E-state index contributed by atoms with van der Waals surface area (Å²) in [6.07, 6.45) is 1.37. The molecule has 42 heavy (non-hydrogen) atoms. The SMILES string of the molecule is COc1cc(N2C(=O)NC(=O)/C(=C\c3c(OCc4ccc([N+](=O)[O-])cc4)ccc4ccccc34)C2=O)c(OC)cc1Cl. The Bertz CT molecular complexity index is 1790. The van der Waals surface area contributed by atoms with E-state index < -0.39 is 22.8 Å². The first-order valence-corrected chi connectivity index (χ1v) is 12.8. The van der Waals surface area contributed by atoms with E-state index in [0.29, 0.717) is 22.3 Å². The molecule has 0 aliphatic carbocycles. The minimum atomic E-state index is -0.975. The number of halogens is 1. The van der Waals surface area contributed by atoms with E-state index in [0.717, 1.165) is 10.3 Å². The van der Waals surface area contributed by atoms with E-state index in [4.69, 9.17) is 25.8 Å². The van der Waals surface area contributed by atoms with Gasteiger partial charge in [-0.25, -0.2) is 9.69 Å². The molecule has 1 aliphatic rings. The number of carbonyl (C=O) groups is 3. The highest BCUT2D eigenvalue weighted by atomic mass is 35.5. The van der Waals surface area contributed by atoms with Crippen LogP contribution in [0, 0.1) is 10.1 Å². The molecule has 5 rings (SSSR count). The number of nitro groups is 1. The maximum atomic E-state index is 13.8. The van der Waals surface area contributed by atoms with Gasteiger partial charge in [-0.2, -0.15) is 0 Å². The molecule has 0 aromatic heterocycles. The van der Waals surface area contributed by atoms with Crippen LogP contribution in [0.2, 0.25) is 5.02 Å². The number of nitro benzene ring substituents is 1. The molecule has 1 saturated heterocycles. The van der Waals surface area contributed by atoms with Crippen molar-refractivity contribution >= 4 is 57.7 Å². The van der Waals surface area contributed by atoms with Crippen LogP contribution in [0.5, 0.6) is 17.2 Å². The maximum Gasteiger partial charge on any atom is 0.336 e. The summed E-state index contributed by atoms with van der Waals surface area (Å²) in [5, 5.41) is 14.9. The van der Waals surface area contributed by atoms with E-state index in [-0.39, 0.29) is 40.1 Å². The van der Waals surface area contributed by atoms with Crippen LogP contribution in [0.15, 0.2) is 78.4 Å². The third-order valence-corrected chi connectivity index (χ3v) is 6.85. The zero-order valence-electron chi connectivity index (χ0n) is 22.3. The van der Waals surface area contributed by atoms with Crippen molar-refractivity contribution in [2.75, 3.05) is 19.1 Å². The van der Waals surface area contributed by atoms with Crippen LogP contribution in [-0.2, 0) is 16.2 Å². The summed E-state index contributed by atoms with van der Waals surface area (Å²) in [5.74, 6) is -1.16. The standard InChI is InChI=1S/C30H22ClN3O8/c1-40-26-15-24(27(41-2)14-23(26)31)33-29(36)22(28(35)32-30(33)37)13-21-20-6-4-3-5-18(20)9-12-25(21)42-16-17-7-10-19(11-8-17)34(38)39/h3-15H,16H2,1-2H3,(H,32,35,37)/b22-13+. The Kier molecular flexibility index (Phi) is 7.76. The highest BCUT2D eigenvalue weighted by Crippen LogP contribution is 2.40. The van der Waals surface area contributed by atoms with Crippen LogP contribution >= 0.6 is 11.6 Å². The van der Waals surface area contributed by atoms with Crippen LogP contribution in [-0.4, -0.2) is 37.0 Å². The number of barbiturate groups is 1. The molecule has 4 amide bonds. The molecule has 0 bridgehead atoms. The minimum Gasteiger partial charge on any atom is -0.495 e. The van der Waals surface area contributed by atoms with E-state index in [9.17, 15) is 24.5 Å². The Morgan fingerprint density at radius 1 is 0.929 bits per heavy atom. The number of anilines is 1. The molecule has 11 nitrogen and oxygen atoms in total. The molecule has 212 valence electrons. The fourth-order valence-corrected chi connectivity index (χ4v) is 4.70. The predicted octanol–water partition coefficient (Wildman–Crippen LogP) is 5.66. The lowest BCUT2D eigenvalue weighted by molar-refractivity contribution is -0.384. The Balaban J connectivity index is 1.58. The van der Waals surface area contributed by atoms with Crippen molar-refractivity contribution in [1.29, 1.82) is 0 Å². The fourth-order valence-electron chi connectivity index (χ4n) is 4.46. The quantitative estimate of drug-likeness (QED) is 0.121. The summed E-state index contributed by atoms with van der Waals surface area (Å²) in [5.41, 5.74) is 0.725. The molecule has 4 aromatic rings. The number of benzene rings is 4. The molecule has 1 N–H and O–H groups in total. The molecular formula is C30H22ClN3O8. The van der Waals surface area contributed by atoms with Crippen LogP contribution in [0.3, 0.4) is 0 Å². The predicted molar refractivity (Wildman–Crippen MR) is 155 cm³/mol. The van der Waals surface area contributed by atoms with Gasteiger partial charge in [0.2, 0.25) is 0 Å². The van der Waals surface area contributed by atoms with Crippen molar-refractivity contribution in [3.63, 3.8) is 0 Å². The molecule has 0 unspecified atom stereocenters. The average Bonchev–Trinajstić information content (AvgIpc) is 2.99. The van der Waals surface area contributed by atoms with Crippen LogP contribution in [0.1, 0.15) is 11.1 Å². The van der Waals surface area contributed by atoms with Crippen molar-refractivity contribution in [3.8, 4) is 17.2 Å². The molecule has 1 aliphatic heterocycles. The lowest BCUT2D eigenvalue weighted by atomic mass is 9.99. The second kappa shape index (κ2) is 11.6. The molecule has 0 radical (unpaired) electrons. The van der Waals surface area contributed by atoms with E-state index in [1.54, 1.807) is 24.3 Å². The zero-order chi connectivity index (χ0) is 30.0. The summed E-state index contributed by atoms with van der Waals surface area (Å²) < 4.78 is 16.7. The molecule has 12 heteroatoms. The number of ether oxygens (including phenoxy) is 3. The third-order valence-electron chi connectivity index (χ3n) is 6.56. The second-order valence-electron chi connectivity index (χ2n) is 9.03. The molecule has 0 atom stereocenters. The van der Waals surface area contributed by atoms with Gasteiger partial charge in [0.1, 0.15) is 29.4 Å². The van der Waals surface area contributed by atoms with Gasteiger partial charge in [0.05, 0.1) is 29.9 Å². The monoisotopic (exact) mass is 587 g/mol. The summed E-state index contributed by atoms with van der Waals surface area (Å²) in [6.45, 7) is 0.0546. The zero-order valence-corrected chi connectivity index (χ0v) is 23.0. The number of carbonyl (C=O) groups excluding carboxylic acids is 3. The van der Waals surface area contributed by atoms with Gasteiger partial charge in [0.15, 0.2) is 0 Å². The number of amides is 4. The van der Waals surface area contributed by atoms with Crippen molar-refractivity contribution < 1.29 is 33.5 Å².